The Morgan fingerprint density at radius 1 is 1.05 bits per heavy atom. The summed E-state index contributed by atoms with van der Waals surface area (Å²) in [5.41, 5.74) is 3.81. The molecule has 2 aromatic rings. The fourth-order valence-corrected chi connectivity index (χ4v) is 2.86. The Balaban J connectivity index is 1.95. The van der Waals surface area contributed by atoms with Crippen LogP contribution in [0, 0.1) is 6.92 Å². The quantitative estimate of drug-likeness (QED) is 0.939. The molecule has 3 heteroatoms. The van der Waals surface area contributed by atoms with Crippen molar-refractivity contribution in [1.82, 2.24) is 10.2 Å². The second-order valence-corrected chi connectivity index (χ2v) is 5.88. The fourth-order valence-electron chi connectivity index (χ4n) is 2.86. The molecule has 0 aromatic heterocycles. The van der Waals surface area contributed by atoms with Crippen molar-refractivity contribution in [3.8, 4) is 0 Å². The van der Waals surface area contributed by atoms with Crippen molar-refractivity contribution >= 4 is 5.96 Å². The van der Waals surface area contributed by atoms with Crippen molar-refractivity contribution in [1.29, 1.82) is 0 Å². The lowest BCUT2D eigenvalue weighted by atomic mass is 9.97. The van der Waals surface area contributed by atoms with Crippen LogP contribution in [0.1, 0.15) is 29.2 Å². The van der Waals surface area contributed by atoms with Crippen LogP contribution >= 0.6 is 0 Å². The Bertz CT molecular complexity index is 649. The summed E-state index contributed by atoms with van der Waals surface area (Å²) in [6.45, 7) is 4.10. The van der Waals surface area contributed by atoms with Gasteiger partial charge in [-0.05, 0) is 24.5 Å². The van der Waals surface area contributed by atoms with Gasteiger partial charge in [0.15, 0.2) is 5.96 Å². The van der Waals surface area contributed by atoms with Crippen molar-refractivity contribution in [3.63, 3.8) is 0 Å². The van der Waals surface area contributed by atoms with E-state index in [4.69, 9.17) is 0 Å². The van der Waals surface area contributed by atoms with Gasteiger partial charge in [0.25, 0.3) is 0 Å². The fraction of sp³-hybridized carbons (Fsp3) is 0.316. The lowest BCUT2D eigenvalue weighted by Crippen LogP contribution is -2.44. The maximum absolute atomic E-state index is 4.66. The van der Waals surface area contributed by atoms with Crippen molar-refractivity contribution in [2.45, 2.75) is 19.4 Å². The SMILES string of the molecule is Cc1cccc(C(NC2=NCCCN2C)c2ccccc2)c1. The van der Waals surface area contributed by atoms with Crippen molar-refractivity contribution in [3.05, 3.63) is 71.3 Å². The van der Waals surface area contributed by atoms with E-state index in [1.807, 2.05) is 0 Å². The number of guanidine groups is 1. The Morgan fingerprint density at radius 3 is 2.55 bits per heavy atom. The normalized spacial score (nSPS) is 16.1. The van der Waals surface area contributed by atoms with Crippen LogP contribution in [0.4, 0.5) is 0 Å². The van der Waals surface area contributed by atoms with Gasteiger partial charge < -0.3 is 10.2 Å². The number of nitrogens with one attached hydrogen (secondary N) is 1. The van der Waals surface area contributed by atoms with Crippen LogP contribution in [-0.2, 0) is 0 Å². The first kappa shape index (κ1) is 14.6. The Morgan fingerprint density at radius 2 is 1.82 bits per heavy atom. The molecule has 0 amide bonds. The molecule has 1 heterocycles. The molecule has 0 aliphatic carbocycles. The van der Waals surface area contributed by atoms with Crippen LogP contribution in [-0.4, -0.2) is 31.0 Å². The van der Waals surface area contributed by atoms with E-state index in [-0.39, 0.29) is 6.04 Å². The third-order valence-electron chi connectivity index (χ3n) is 4.06. The third-order valence-corrected chi connectivity index (χ3v) is 4.06. The average Bonchev–Trinajstić information content (AvgIpc) is 2.55. The first-order valence-electron chi connectivity index (χ1n) is 7.87. The van der Waals surface area contributed by atoms with Crippen LogP contribution in [0.2, 0.25) is 0 Å². The molecular weight excluding hydrogens is 270 g/mol. The molecular formula is C19H23N3. The number of nitrogens with zero attached hydrogens (tertiary/aromatic N) is 2. The third kappa shape index (κ3) is 3.30. The maximum Gasteiger partial charge on any atom is 0.194 e. The van der Waals surface area contributed by atoms with E-state index in [0.717, 1.165) is 25.5 Å². The van der Waals surface area contributed by atoms with E-state index in [2.05, 4.69) is 83.8 Å². The van der Waals surface area contributed by atoms with Gasteiger partial charge in [-0.1, -0.05) is 60.2 Å². The summed E-state index contributed by atoms with van der Waals surface area (Å²) in [5, 5.41) is 3.64. The molecule has 0 bridgehead atoms. The summed E-state index contributed by atoms with van der Waals surface area (Å²) < 4.78 is 0. The van der Waals surface area contributed by atoms with Gasteiger partial charge >= 0.3 is 0 Å². The maximum atomic E-state index is 4.66. The molecule has 1 aliphatic heterocycles. The van der Waals surface area contributed by atoms with Gasteiger partial charge in [0.05, 0.1) is 6.04 Å². The molecule has 0 fully saturated rings. The number of aliphatic imine (C=N–C) groups is 1. The second-order valence-electron chi connectivity index (χ2n) is 5.88. The minimum atomic E-state index is 0.125. The molecule has 1 aliphatic rings. The van der Waals surface area contributed by atoms with Gasteiger partial charge in [0.1, 0.15) is 0 Å². The Labute approximate surface area is 132 Å². The molecule has 114 valence electrons. The van der Waals surface area contributed by atoms with E-state index < -0.39 is 0 Å². The minimum Gasteiger partial charge on any atom is -0.346 e. The zero-order chi connectivity index (χ0) is 15.4. The molecule has 1 atom stereocenters. The zero-order valence-electron chi connectivity index (χ0n) is 13.3. The van der Waals surface area contributed by atoms with E-state index >= 15 is 0 Å². The molecule has 1 unspecified atom stereocenters. The highest BCUT2D eigenvalue weighted by Crippen LogP contribution is 2.23. The van der Waals surface area contributed by atoms with E-state index in [1.54, 1.807) is 0 Å². The molecule has 22 heavy (non-hydrogen) atoms. The lowest BCUT2D eigenvalue weighted by molar-refractivity contribution is 0.440. The van der Waals surface area contributed by atoms with Crippen molar-refractivity contribution in [2.75, 3.05) is 20.1 Å². The lowest BCUT2D eigenvalue weighted by Gasteiger charge is -2.30. The van der Waals surface area contributed by atoms with Crippen LogP contribution in [0.3, 0.4) is 0 Å². The molecule has 1 N–H and O–H groups in total. The number of hydrogen-bond donors (Lipinski definition) is 1. The number of benzene rings is 2. The summed E-state index contributed by atoms with van der Waals surface area (Å²) in [6, 6.07) is 19.4. The van der Waals surface area contributed by atoms with Gasteiger partial charge in [-0.25, -0.2) is 0 Å². The smallest absolute Gasteiger partial charge is 0.194 e. The van der Waals surface area contributed by atoms with Gasteiger partial charge in [0.2, 0.25) is 0 Å². The zero-order valence-corrected chi connectivity index (χ0v) is 13.3. The highest BCUT2D eigenvalue weighted by atomic mass is 15.3. The van der Waals surface area contributed by atoms with E-state index in [1.165, 1.54) is 16.7 Å². The summed E-state index contributed by atoms with van der Waals surface area (Å²) >= 11 is 0. The van der Waals surface area contributed by atoms with Crippen LogP contribution in [0.25, 0.3) is 0 Å². The first-order valence-corrected chi connectivity index (χ1v) is 7.87. The van der Waals surface area contributed by atoms with Gasteiger partial charge in [-0.15, -0.1) is 0 Å². The Kier molecular flexibility index (Phi) is 4.42. The van der Waals surface area contributed by atoms with E-state index in [0.29, 0.717) is 0 Å². The van der Waals surface area contributed by atoms with E-state index in [9.17, 15) is 0 Å². The van der Waals surface area contributed by atoms with Gasteiger partial charge in [-0.2, -0.15) is 0 Å². The molecule has 0 radical (unpaired) electrons. The predicted molar refractivity (Wildman–Crippen MR) is 92.1 cm³/mol. The summed E-state index contributed by atoms with van der Waals surface area (Å²) in [5.74, 6) is 0.988. The number of hydrogen-bond acceptors (Lipinski definition) is 3. The highest BCUT2D eigenvalue weighted by Gasteiger charge is 2.19. The second kappa shape index (κ2) is 6.65. The molecule has 0 saturated carbocycles. The highest BCUT2D eigenvalue weighted by molar-refractivity contribution is 5.81. The molecule has 3 nitrogen and oxygen atoms in total. The number of rotatable bonds is 3. The monoisotopic (exact) mass is 293 g/mol. The first-order chi connectivity index (χ1) is 10.7. The Hall–Kier alpha value is -2.29. The van der Waals surface area contributed by atoms with Crippen molar-refractivity contribution < 1.29 is 0 Å². The number of aryl methyl sites for hydroxylation is 1. The largest absolute Gasteiger partial charge is 0.346 e. The summed E-state index contributed by atoms with van der Waals surface area (Å²) in [7, 11) is 2.10. The topological polar surface area (TPSA) is 27.6 Å². The van der Waals surface area contributed by atoms with Crippen LogP contribution in [0.15, 0.2) is 59.6 Å². The minimum absolute atomic E-state index is 0.125. The molecule has 0 spiro atoms. The van der Waals surface area contributed by atoms with Gasteiger partial charge in [0, 0.05) is 20.1 Å². The predicted octanol–water partition coefficient (Wildman–Crippen LogP) is 3.37. The molecule has 0 saturated heterocycles. The molecule has 2 aromatic carbocycles. The van der Waals surface area contributed by atoms with Gasteiger partial charge in [-0.3, -0.25) is 4.99 Å². The summed E-state index contributed by atoms with van der Waals surface area (Å²) in [6.07, 6.45) is 1.13. The van der Waals surface area contributed by atoms with Crippen molar-refractivity contribution in [2.24, 2.45) is 4.99 Å². The summed E-state index contributed by atoms with van der Waals surface area (Å²) in [4.78, 5) is 6.86. The standard InChI is InChI=1S/C19H23N3/c1-15-8-6-11-17(14-15)18(16-9-4-3-5-10-16)21-19-20-12-7-13-22(19)2/h3-6,8-11,14,18H,7,12-13H2,1-2H3,(H,20,21). The van der Waals surface area contributed by atoms with Crippen LogP contribution in [0.5, 0.6) is 0 Å². The van der Waals surface area contributed by atoms with Crippen LogP contribution < -0.4 is 5.32 Å². The average molecular weight is 293 g/mol. The molecule has 3 rings (SSSR count).